The first-order chi connectivity index (χ1) is 18.8. The zero-order valence-electron chi connectivity index (χ0n) is 21.8. The van der Waals surface area contributed by atoms with Crippen molar-refractivity contribution in [2.45, 2.75) is 13.3 Å². The van der Waals surface area contributed by atoms with Crippen LogP contribution in [-0.4, -0.2) is 0 Å². The molecule has 0 heterocycles. The zero-order valence-corrected chi connectivity index (χ0v) is 21.8. The van der Waals surface area contributed by atoms with Crippen LogP contribution in [0, 0.1) is 6.92 Å². The van der Waals surface area contributed by atoms with Crippen LogP contribution in [0.5, 0.6) is 0 Å². The number of hydrogen-bond acceptors (Lipinski definition) is 0. The average Bonchev–Trinajstić information content (AvgIpc) is 2.98. The van der Waals surface area contributed by atoms with Crippen LogP contribution in [0.1, 0.15) is 23.1 Å². The van der Waals surface area contributed by atoms with Crippen LogP contribution in [0.3, 0.4) is 0 Å². The summed E-state index contributed by atoms with van der Waals surface area (Å²) >= 11 is 0. The molecule has 184 valence electrons. The largest absolute Gasteiger partial charge is 0.0807 e. The smallest absolute Gasteiger partial charge is 0.0163 e. The predicted molar refractivity (Wildman–Crippen MR) is 166 cm³/mol. The van der Waals surface area contributed by atoms with Gasteiger partial charge in [0.25, 0.3) is 0 Å². The summed E-state index contributed by atoms with van der Waals surface area (Å²) in [4.78, 5) is 0. The van der Waals surface area contributed by atoms with E-state index in [2.05, 4.69) is 171 Å². The van der Waals surface area contributed by atoms with Crippen molar-refractivity contribution < 1.29 is 0 Å². The SMILES string of the molecule is Cc1ccccc1/C=C\C=C\C/C=C\c1ccc(-c2ccc(-c3ccc(-c4ccccc4)cc3)cc2)cc1. The minimum Gasteiger partial charge on any atom is -0.0807 e. The maximum Gasteiger partial charge on any atom is -0.0163 e. The van der Waals surface area contributed by atoms with Gasteiger partial charge in [0.05, 0.1) is 0 Å². The van der Waals surface area contributed by atoms with Crippen molar-refractivity contribution in [1.82, 2.24) is 0 Å². The molecule has 5 aromatic carbocycles. The van der Waals surface area contributed by atoms with Crippen LogP contribution in [0.4, 0.5) is 0 Å². The molecule has 0 bridgehead atoms. The summed E-state index contributed by atoms with van der Waals surface area (Å²) in [7, 11) is 0. The van der Waals surface area contributed by atoms with Crippen LogP contribution in [-0.2, 0) is 0 Å². The summed E-state index contributed by atoms with van der Waals surface area (Å²) in [6.07, 6.45) is 13.8. The standard InChI is InChI=1S/C38H32/c1-30-12-10-11-15-32(30)14-7-4-2-3-6-13-31-18-20-34(21-19-31)36-26-28-38(29-27-36)37-24-22-35(23-25-37)33-16-8-5-9-17-33/h2,4-29H,3H2,1H3/b4-2+,13-6-,14-7-. The third-order valence-electron chi connectivity index (χ3n) is 6.75. The molecular weight excluding hydrogens is 456 g/mol. The molecule has 0 saturated heterocycles. The number of aryl methyl sites for hydroxylation is 1. The topological polar surface area (TPSA) is 0 Å². The third kappa shape index (κ3) is 6.55. The van der Waals surface area contributed by atoms with Gasteiger partial charge in [-0.25, -0.2) is 0 Å². The van der Waals surface area contributed by atoms with Gasteiger partial charge in [0.15, 0.2) is 0 Å². The maximum absolute atomic E-state index is 2.21. The molecule has 0 fully saturated rings. The van der Waals surface area contributed by atoms with E-state index in [0.717, 1.165) is 6.42 Å². The molecule has 0 aliphatic heterocycles. The molecule has 38 heavy (non-hydrogen) atoms. The first-order valence-electron chi connectivity index (χ1n) is 13.2. The lowest BCUT2D eigenvalue weighted by Crippen LogP contribution is -1.82. The fraction of sp³-hybridized carbons (Fsp3) is 0.0526. The second-order valence-electron chi connectivity index (χ2n) is 9.42. The van der Waals surface area contributed by atoms with Crippen LogP contribution in [0.2, 0.25) is 0 Å². The van der Waals surface area contributed by atoms with E-state index in [9.17, 15) is 0 Å². The summed E-state index contributed by atoms with van der Waals surface area (Å²) < 4.78 is 0. The molecule has 0 atom stereocenters. The highest BCUT2D eigenvalue weighted by atomic mass is 14.1. The lowest BCUT2D eigenvalue weighted by molar-refractivity contribution is 1.41. The third-order valence-corrected chi connectivity index (χ3v) is 6.75. The molecule has 5 aromatic rings. The van der Waals surface area contributed by atoms with Crippen molar-refractivity contribution in [2.24, 2.45) is 0 Å². The minimum absolute atomic E-state index is 0.910. The lowest BCUT2D eigenvalue weighted by Gasteiger charge is -2.07. The van der Waals surface area contributed by atoms with E-state index in [1.807, 2.05) is 0 Å². The van der Waals surface area contributed by atoms with Gasteiger partial charge in [-0.05, 0) is 63.4 Å². The lowest BCUT2D eigenvalue weighted by atomic mass is 9.98. The summed E-state index contributed by atoms with van der Waals surface area (Å²) in [5, 5.41) is 0. The van der Waals surface area contributed by atoms with Crippen molar-refractivity contribution in [1.29, 1.82) is 0 Å². The Morgan fingerprint density at radius 2 is 0.895 bits per heavy atom. The quantitative estimate of drug-likeness (QED) is 0.191. The fourth-order valence-corrected chi connectivity index (χ4v) is 4.50. The monoisotopic (exact) mass is 488 g/mol. The Labute approximate surface area is 227 Å². The molecule has 0 aliphatic carbocycles. The van der Waals surface area contributed by atoms with Gasteiger partial charge in [-0.3, -0.25) is 0 Å². The van der Waals surface area contributed by atoms with Crippen molar-refractivity contribution >= 4 is 12.2 Å². The van der Waals surface area contributed by atoms with E-state index in [4.69, 9.17) is 0 Å². The molecule has 5 rings (SSSR count). The Hall–Kier alpha value is -4.68. The molecule has 0 aliphatic rings. The summed E-state index contributed by atoms with van der Waals surface area (Å²) in [6.45, 7) is 2.14. The highest BCUT2D eigenvalue weighted by molar-refractivity contribution is 5.73. The first kappa shape index (κ1) is 25.0. The van der Waals surface area contributed by atoms with Crippen molar-refractivity contribution in [3.05, 3.63) is 168 Å². The number of allylic oxidation sites excluding steroid dienone is 4. The van der Waals surface area contributed by atoms with E-state index in [1.54, 1.807) is 0 Å². The minimum atomic E-state index is 0.910. The Morgan fingerprint density at radius 1 is 0.421 bits per heavy atom. The van der Waals surface area contributed by atoms with Crippen molar-refractivity contribution in [2.75, 3.05) is 0 Å². The van der Waals surface area contributed by atoms with Gasteiger partial charge in [0.1, 0.15) is 0 Å². The maximum atomic E-state index is 2.21. The molecular formula is C38H32. The Balaban J connectivity index is 1.15. The van der Waals surface area contributed by atoms with Crippen LogP contribution in [0.15, 0.2) is 152 Å². The molecule has 0 radical (unpaired) electrons. The highest BCUT2D eigenvalue weighted by Gasteiger charge is 2.02. The fourth-order valence-electron chi connectivity index (χ4n) is 4.50. The van der Waals surface area contributed by atoms with E-state index in [0.29, 0.717) is 0 Å². The van der Waals surface area contributed by atoms with Gasteiger partial charge in [0.2, 0.25) is 0 Å². The van der Waals surface area contributed by atoms with Crippen LogP contribution >= 0.6 is 0 Å². The van der Waals surface area contributed by atoms with E-state index >= 15 is 0 Å². The second-order valence-corrected chi connectivity index (χ2v) is 9.42. The Morgan fingerprint density at radius 3 is 1.45 bits per heavy atom. The van der Waals surface area contributed by atoms with Gasteiger partial charge < -0.3 is 0 Å². The van der Waals surface area contributed by atoms with Gasteiger partial charge in [0, 0.05) is 0 Å². The molecule has 0 aromatic heterocycles. The molecule has 0 saturated carbocycles. The van der Waals surface area contributed by atoms with Gasteiger partial charge in [-0.2, -0.15) is 0 Å². The van der Waals surface area contributed by atoms with Crippen LogP contribution in [0.25, 0.3) is 45.5 Å². The van der Waals surface area contributed by atoms with Crippen LogP contribution < -0.4 is 0 Å². The first-order valence-corrected chi connectivity index (χ1v) is 13.2. The van der Waals surface area contributed by atoms with Gasteiger partial charge >= 0.3 is 0 Å². The average molecular weight is 489 g/mol. The summed E-state index contributed by atoms with van der Waals surface area (Å²) in [5.41, 5.74) is 11.2. The van der Waals surface area contributed by atoms with Crippen molar-refractivity contribution in [3.8, 4) is 33.4 Å². The Bertz CT molecular complexity index is 1530. The highest BCUT2D eigenvalue weighted by Crippen LogP contribution is 2.27. The van der Waals surface area contributed by atoms with Gasteiger partial charge in [-0.1, -0.05) is 164 Å². The van der Waals surface area contributed by atoms with E-state index in [-0.39, 0.29) is 0 Å². The van der Waals surface area contributed by atoms with E-state index in [1.165, 1.54) is 50.1 Å². The normalized spacial score (nSPS) is 11.6. The summed E-state index contributed by atoms with van der Waals surface area (Å²) in [6, 6.07) is 45.3. The molecule has 0 unspecified atom stereocenters. The molecule has 0 N–H and O–H groups in total. The molecule has 0 heteroatoms. The molecule has 0 spiro atoms. The van der Waals surface area contributed by atoms with E-state index < -0.39 is 0 Å². The second kappa shape index (κ2) is 12.5. The zero-order chi connectivity index (χ0) is 26.0. The van der Waals surface area contributed by atoms with Gasteiger partial charge in [-0.15, -0.1) is 0 Å². The number of hydrogen-bond donors (Lipinski definition) is 0. The molecule has 0 amide bonds. The number of benzene rings is 5. The predicted octanol–water partition coefficient (Wildman–Crippen LogP) is 10.7. The Kier molecular flexibility index (Phi) is 8.23. The van der Waals surface area contributed by atoms with Crippen molar-refractivity contribution in [3.63, 3.8) is 0 Å². The molecule has 0 nitrogen and oxygen atoms in total. The number of rotatable bonds is 8. The summed E-state index contributed by atoms with van der Waals surface area (Å²) in [5.74, 6) is 0.